The first kappa shape index (κ1) is 9.43. The summed E-state index contributed by atoms with van der Waals surface area (Å²) in [6.45, 7) is 0. The zero-order valence-corrected chi connectivity index (χ0v) is 5.74. The molecule has 0 N–H and O–H groups in total. The molecule has 30 valence electrons. The second kappa shape index (κ2) is 5.09. The molecule has 0 fully saturated rings. The second-order valence-corrected chi connectivity index (χ2v) is 0.466. The zero-order valence-electron chi connectivity index (χ0n) is 2.80. The fourth-order valence-electron chi connectivity index (χ4n) is 0. The first-order chi connectivity index (χ1) is 2.27. The Hall–Kier alpha value is 0.0932. The van der Waals surface area contributed by atoms with Crippen LogP contribution < -0.4 is 0 Å². The van der Waals surface area contributed by atoms with Gasteiger partial charge in [-0.3, -0.25) is 0 Å². The molecule has 2 radical (unpaired) electrons. The molecule has 0 aliphatic heterocycles. The molecule has 6 heavy (non-hydrogen) atoms. The molecular formula is C2BO2W-. The van der Waals surface area contributed by atoms with Gasteiger partial charge in [0.1, 0.15) is 7.85 Å². The van der Waals surface area contributed by atoms with Gasteiger partial charge in [0.25, 0.3) is 0 Å². The van der Waals surface area contributed by atoms with E-state index in [0.29, 0.717) is 0 Å². The number of carbonyl (C=O) groups excluding carboxylic acids is 2. The predicted molar refractivity (Wildman–Crippen MR) is 16.5 cm³/mol. The van der Waals surface area contributed by atoms with Gasteiger partial charge in [-0.15, -0.1) is 0 Å². The largest absolute Gasteiger partial charge is 0.535 e. The van der Waals surface area contributed by atoms with Gasteiger partial charge >= 0.3 is 0 Å². The quantitative estimate of drug-likeness (QED) is 0.333. The third kappa shape index (κ3) is 8.94. The molecule has 0 saturated carbocycles. The van der Waals surface area contributed by atoms with Gasteiger partial charge in [-0.25, -0.2) is 6.29 Å². The fourth-order valence-corrected chi connectivity index (χ4v) is 0. The van der Waals surface area contributed by atoms with Crippen LogP contribution in [-0.4, -0.2) is 19.8 Å². The predicted octanol–water partition coefficient (Wildman–Crippen LogP) is -1.21. The van der Waals surface area contributed by atoms with Crippen molar-refractivity contribution in [1.29, 1.82) is 0 Å². The Morgan fingerprint density at radius 1 is 1.67 bits per heavy atom. The molecule has 0 aliphatic carbocycles. The first-order valence-electron chi connectivity index (χ1n) is 0.947. The molecular weight excluding hydrogens is 251 g/mol. The monoisotopic (exact) mass is 251 g/mol. The van der Waals surface area contributed by atoms with E-state index in [-0.39, 0.29) is 21.1 Å². The molecule has 0 bridgehead atoms. The summed E-state index contributed by atoms with van der Waals surface area (Å²) in [4.78, 5) is 18.1. The summed E-state index contributed by atoms with van der Waals surface area (Å²) in [6.07, 6.45) is 0.917. The fraction of sp³-hybridized carbons (Fsp3) is 0. The Bertz CT molecular complexity index is 62.6. The summed E-state index contributed by atoms with van der Waals surface area (Å²) in [6, 6.07) is 0. The van der Waals surface area contributed by atoms with E-state index in [4.69, 9.17) is 9.59 Å². The van der Waals surface area contributed by atoms with Gasteiger partial charge < -0.3 is 9.59 Å². The van der Waals surface area contributed by atoms with Crippen molar-refractivity contribution in [3.05, 3.63) is 0 Å². The molecule has 0 aromatic heterocycles. The molecule has 0 aromatic carbocycles. The summed E-state index contributed by atoms with van der Waals surface area (Å²) in [5, 5.41) is 0. The topological polar surface area (TPSA) is 34.1 Å². The Morgan fingerprint density at radius 3 is 1.83 bits per heavy atom. The Kier molecular flexibility index (Phi) is 8.01. The SMILES string of the molecule is [B]C(=O)[C-]=O.[W]. The summed E-state index contributed by atoms with van der Waals surface area (Å²) < 4.78 is 0. The molecule has 0 spiro atoms. The van der Waals surface area contributed by atoms with Gasteiger partial charge in [0.2, 0.25) is 0 Å². The van der Waals surface area contributed by atoms with E-state index in [1.807, 2.05) is 0 Å². The van der Waals surface area contributed by atoms with Crippen molar-refractivity contribution in [3.8, 4) is 0 Å². The van der Waals surface area contributed by atoms with Crippen molar-refractivity contribution in [2.24, 2.45) is 0 Å². The van der Waals surface area contributed by atoms with Crippen molar-refractivity contribution < 1.29 is 30.7 Å². The van der Waals surface area contributed by atoms with Crippen LogP contribution in [0, 0.1) is 0 Å². The molecule has 0 rings (SSSR count). The number of carbonyl (C=O) groups is 1. The smallest absolute Gasteiger partial charge is 0.122 e. The van der Waals surface area contributed by atoms with Gasteiger partial charge in [-0.05, 0) is 5.68 Å². The molecule has 4 heteroatoms. The maximum atomic E-state index is 9.17. The van der Waals surface area contributed by atoms with Crippen LogP contribution >= 0.6 is 0 Å². The van der Waals surface area contributed by atoms with E-state index < -0.39 is 5.68 Å². The summed E-state index contributed by atoms with van der Waals surface area (Å²) >= 11 is 0. The maximum absolute atomic E-state index is 9.17. The van der Waals surface area contributed by atoms with Crippen LogP contribution in [0.4, 0.5) is 0 Å². The van der Waals surface area contributed by atoms with Crippen LogP contribution in [0.25, 0.3) is 0 Å². The number of hydrogen-bond acceptors (Lipinski definition) is 2. The average Bonchev–Trinajstić information content (AvgIpc) is 1.38. The standard InChI is InChI=1S/C2BO2.W/c3-2(5)1-4;/q-1;. The van der Waals surface area contributed by atoms with E-state index in [0.717, 1.165) is 6.29 Å². The van der Waals surface area contributed by atoms with Crippen molar-refractivity contribution in [2.45, 2.75) is 0 Å². The molecule has 0 unspecified atom stereocenters. The molecule has 0 aromatic rings. The van der Waals surface area contributed by atoms with Crippen molar-refractivity contribution >= 4 is 19.8 Å². The second-order valence-electron chi connectivity index (χ2n) is 0.466. The molecule has 0 amide bonds. The summed E-state index contributed by atoms with van der Waals surface area (Å²) in [5.74, 6) is 0. The summed E-state index contributed by atoms with van der Waals surface area (Å²) in [7, 11) is 4.23. The van der Waals surface area contributed by atoms with Gasteiger partial charge in [-0.1, -0.05) is 0 Å². The summed E-state index contributed by atoms with van der Waals surface area (Å²) in [5.41, 5.74) is -1.05. The van der Waals surface area contributed by atoms with Crippen molar-refractivity contribution in [1.82, 2.24) is 0 Å². The zero-order chi connectivity index (χ0) is 4.28. The van der Waals surface area contributed by atoms with Crippen LogP contribution in [0.1, 0.15) is 0 Å². The number of hydrogen-bond donors (Lipinski definition) is 0. The molecule has 0 saturated heterocycles. The van der Waals surface area contributed by atoms with E-state index >= 15 is 0 Å². The van der Waals surface area contributed by atoms with E-state index in [1.165, 1.54) is 0 Å². The Morgan fingerprint density at radius 2 is 1.83 bits per heavy atom. The van der Waals surface area contributed by atoms with Crippen LogP contribution in [-0.2, 0) is 30.7 Å². The van der Waals surface area contributed by atoms with Crippen LogP contribution in [0.3, 0.4) is 0 Å². The minimum atomic E-state index is -1.05. The van der Waals surface area contributed by atoms with E-state index in [1.54, 1.807) is 0 Å². The average molecular weight is 251 g/mol. The normalized spacial score (nSPS) is 5.33. The molecule has 0 atom stereocenters. The molecule has 2 nitrogen and oxygen atoms in total. The van der Waals surface area contributed by atoms with Crippen LogP contribution in [0.15, 0.2) is 0 Å². The van der Waals surface area contributed by atoms with Gasteiger partial charge in [0.05, 0.1) is 0 Å². The first-order valence-corrected chi connectivity index (χ1v) is 0.947. The van der Waals surface area contributed by atoms with E-state index in [2.05, 4.69) is 7.85 Å². The van der Waals surface area contributed by atoms with Gasteiger partial charge in [0.15, 0.2) is 0 Å². The van der Waals surface area contributed by atoms with Crippen molar-refractivity contribution in [3.63, 3.8) is 0 Å². The van der Waals surface area contributed by atoms with Crippen LogP contribution in [0.5, 0.6) is 0 Å². The minimum Gasteiger partial charge on any atom is -0.535 e. The molecule has 0 aliphatic rings. The van der Waals surface area contributed by atoms with Gasteiger partial charge in [0, 0.05) is 21.1 Å². The molecule has 0 heterocycles. The Labute approximate surface area is 51.0 Å². The minimum absolute atomic E-state index is 0. The van der Waals surface area contributed by atoms with Crippen molar-refractivity contribution in [2.75, 3.05) is 0 Å². The van der Waals surface area contributed by atoms with Gasteiger partial charge in [-0.2, -0.15) is 0 Å². The number of rotatable bonds is 1. The maximum Gasteiger partial charge on any atom is 0.122 e. The third-order valence-corrected chi connectivity index (χ3v) is 0.101. The van der Waals surface area contributed by atoms with Crippen LogP contribution in [0.2, 0.25) is 0 Å². The van der Waals surface area contributed by atoms with E-state index in [9.17, 15) is 0 Å². The third-order valence-electron chi connectivity index (χ3n) is 0.101. The Balaban J connectivity index is 0.